The van der Waals surface area contributed by atoms with Crippen LogP contribution < -0.4 is 10.1 Å². The van der Waals surface area contributed by atoms with E-state index in [4.69, 9.17) is 9.15 Å². The van der Waals surface area contributed by atoms with Crippen molar-refractivity contribution in [2.45, 2.75) is 33.4 Å². The summed E-state index contributed by atoms with van der Waals surface area (Å²) >= 11 is 0. The van der Waals surface area contributed by atoms with E-state index in [1.165, 1.54) is 7.11 Å². The average molecular weight is 277 g/mol. The van der Waals surface area contributed by atoms with E-state index in [-0.39, 0.29) is 17.7 Å². The molecule has 0 spiro atoms. The summed E-state index contributed by atoms with van der Waals surface area (Å²) in [7, 11) is 1.49. The first kappa shape index (κ1) is 14.2. The predicted molar refractivity (Wildman–Crippen MR) is 73.9 cm³/mol. The first-order valence-corrected chi connectivity index (χ1v) is 6.45. The minimum absolute atomic E-state index is 0.0587. The van der Waals surface area contributed by atoms with Crippen LogP contribution in [0.4, 0.5) is 0 Å². The van der Waals surface area contributed by atoms with Gasteiger partial charge in [-0.25, -0.2) is 0 Å². The van der Waals surface area contributed by atoms with Crippen LogP contribution in [0.1, 0.15) is 28.9 Å². The molecule has 2 aromatic rings. The van der Waals surface area contributed by atoms with Crippen molar-refractivity contribution in [1.29, 1.82) is 0 Å². The molecule has 0 saturated carbocycles. The molecule has 1 unspecified atom stereocenters. The van der Waals surface area contributed by atoms with Crippen molar-refractivity contribution in [3.8, 4) is 5.95 Å². The van der Waals surface area contributed by atoms with E-state index in [0.717, 1.165) is 11.4 Å². The number of methoxy groups -OCH3 is 1. The zero-order chi connectivity index (χ0) is 14.7. The lowest BCUT2D eigenvalue weighted by Crippen LogP contribution is -2.36. The van der Waals surface area contributed by atoms with E-state index in [2.05, 4.69) is 10.4 Å². The van der Waals surface area contributed by atoms with Crippen molar-refractivity contribution in [1.82, 2.24) is 15.1 Å². The second-order valence-corrected chi connectivity index (χ2v) is 4.81. The molecule has 1 N–H and O–H groups in total. The van der Waals surface area contributed by atoms with Crippen LogP contribution in [0.2, 0.25) is 0 Å². The number of carbonyl (C=O) groups excluding carboxylic acids is 1. The van der Waals surface area contributed by atoms with Gasteiger partial charge in [-0.3, -0.25) is 9.48 Å². The molecule has 0 radical (unpaired) electrons. The highest BCUT2D eigenvalue weighted by atomic mass is 16.6. The Balaban J connectivity index is 1.95. The van der Waals surface area contributed by atoms with Gasteiger partial charge in [0.25, 0.3) is 11.9 Å². The molecule has 2 rings (SSSR count). The molecule has 108 valence electrons. The average Bonchev–Trinajstić information content (AvgIpc) is 2.96. The van der Waals surface area contributed by atoms with E-state index in [9.17, 15) is 4.79 Å². The van der Waals surface area contributed by atoms with Gasteiger partial charge in [-0.15, -0.1) is 0 Å². The topological polar surface area (TPSA) is 69.3 Å². The Kier molecular flexibility index (Phi) is 4.12. The summed E-state index contributed by atoms with van der Waals surface area (Å²) in [6.07, 6.45) is 0. The maximum atomic E-state index is 12.0. The maximum Gasteiger partial charge on any atom is 0.287 e. The van der Waals surface area contributed by atoms with Crippen LogP contribution in [0.3, 0.4) is 0 Å². The van der Waals surface area contributed by atoms with Crippen LogP contribution >= 0.6 is 0 Å². The Morgan fingerprint density at radius 1 is 1.50 bits per heavy atom. The fraction of sp³-hybridized carbons (Fsp3) is 0.429. The summed E-state index contributed by atoms with van der Waals surface area (Å²) in [4.78, 5) is 12.0. The normalized spacial score (nSPS) is 12.2. The van der Waals surface area contributed by atoms with Crippen LogP contribution in [0.25, 0.3) is 0 Å². The van der Waals surface area contributed by atoms with Crippen LogP contribution in [0, 0.1) is 13.8 Å². The largest absolute Gasteiger partial charge is 0.468 e. The number of nitrogens with one attached hydrogen (secondary N) is 1. The molecule has 2 aromatic heterocycles. The van der Waals surface area contributed by atoms with Gasteiger partial charge in [0, 0.05) is 17.8 Å². The second-order valence-electron chi connectivity index (χ2n) is 4.81. The van der Waals surface area contributed by atoms with Gasteiger partial charge in [0.1, 0.15) is 0 Å². The van der Waals surface area contributed by atoms with Crippen LogP contribution in [-0.2, 0) is 6.54 Å². The third kappa shape index (κ3) is 3.20. The highest BCUT2D eigenvalue weighted by Crippen LogP contribution is 2.15. The number of hydrogen-bond donors (Lipinski definition) is 1. The molecular weight excluding hydrogens is 258 g/mol. The summed E-state index contributed by atoms with van der Waals surface area (Å²) in [6, 6.07) is 5.15. The Hall–Kier alpha value is -2.24. The van der Waals surface area contributed by atoms with E-state index >= 15 is 0 Å². The zero-order valence-corrected chi connectivity index (χ0v) is 12.1. The molecule has 0 aliphatic rings. The van der Waals surface area contributed by atoms with Gasteiger partial charge in [-0.1, -0.05) is 0 Å². The SMILES string of the molecule is COc1ccc(C(=O)NC(C)Cn2nc(C)cc2C)o1. The van der Waals surface area contributed by atoms with Crippen molar-refractivity contribution in [2.75, 3.05) is 7.11 Å². The molecule has 20 heavy (non-hydrogen) atoms. The van der Waals surface area contributed by atoms with Gasteiger partial charge >= 0.3 is 0 Å². The van der Waals surface area contributed by atoms with Crippen molar-refractivity contribution < 1.29 is 13.9 Å². The minimum atomic E-state index is -0.262. The monoisotopic (exact) mass is 277 g/mol. The summed E-state index contributed by atoms with van der Waals surface area (Å²) < 4.78 is 12.0. The van der Waals surface area contributed by atoms with Crippen LogP contribution in [0.5, 0.6) is 5.95 Å². The Morgan fingerprint density at radius 3 is 2.80 bits per heavy atom. The van der Waals surface area contributed by atoms with Gasteiger partial charge in [-0.05, 0) is 32.9 Å². The van der Waals surface area contributed by atoms with Crippen LogP contribution in [-0.4, -0.2) is 28.8 Å². The first-order chi connectivity index (χ1) is 9.49. The van der Waals surface area contributed by atoms with Gasteiger partial charge < -0.3 is 14.5 Å². The number of furan rings is 1. The summed E-state index contributed by atoms with van der Waals surface area (Å²) in [5.41, 5.74) is 2.04. The number of rotatable bonds is 5. The smallest absolute Gasteiger partial charge is 0.287 e. The van der Waals surface area contributed by atoms with Gasteiger partial charge in [0.05, 0.1) is 19.3 Å². The molecule has 1 amide bonds. The highest BCUT2D eigenvalue weighted by Gasteiger charge is 2.15. The molecule has 0 aliphatic carbocycles. The third-order valence-electron chi connectivity index (χ3n) is 2.93. The quantitative estimate of drug-likeness (QED) is 0.906. The van der Waals surface area contributed by atoms with Crippen molar-refractivity contribution in [3.05, 3.63) is 35.3 Å². The molecule has 2 heterocycles. The Labute approximate surface area is 117 Å². The summed E-state index contributed by atoms with van der Waals surface area (Å²) in [5, 5.41) is 7.24. The molecule has 0 bridgehead atoms. The number of nitrogens with zero attached hydrogens (tertiary/aromatic N) is 2. The number of hydrogen-bond acceptors (Lipinski definition) is 4. The summed E-state index contributed by atoms with van der Waals surface area (Å²) in [5.74, 6) is 0.297. The Morgan fingerprint density at radius 2 is 2.25 bits per heavy atom. The third-order valence-corrected chi connectivity index (χ3v) is 2.93. The maximum absolute atomic E-state index is 12.0. The minimum Gasteiger partial charge on any atom is -0.468 e. The standard InChI is InChI=1S/C14H19N3O3/c1-9-7-11(3)17(16-9)8-10(2)15-14(18)12-5-6-13(19-4)20-12/h5-7,10H,8H2,1-4H3,(H,15,18). The van der Waals surface area contributed by atoms with Gasteiger partial charge in [0.2, 0.25) is 0 Å². The van der Waals surface area contributed by atoms with E-state index < -0.39 is 0 Å². The first-order valence-electron chi connectivity index (χ1n) is 6.45. The molecule has 0 aliphatic heterocycles. The number of amides is 1. The lowest BCUT2D eigenvalue weighted by Gasteiger charge is -2.14. The van der Waals surface area contributed by atoms with E-state index in [1.807, 2.05) is 31.5 Å². The zero-order valence-electron chi connectivity index (χ0n) is 12.1. The van der Waals surface area contributed by atoms with Crippen molar-refractivity contribution in [3.63, 3.8) is 0 Å². The fourth-order valence-corrected chi connectivity index (χ4v) is 2.01. The Bertz CT molecular complexity index is 601. The molecule has 0 aromatic carbocycles. The number of carbonyl (C=O) groups is 1. The van der Waals surface area contributed by atoms with Crippen molar-refractivity contribution >= 4 is 5.91 Å². The van der Waals surface area contributed by atoms with Crippen molar-refractivity contribution in [2.24, 2.45) is 0 Å². The highest BCUT2D eigenvalue weighted by molar-refractivity contribution is 5.91. The molecule has 6 heteroatoms. The summed E-state index contributed by atoms with van der Waals surface area (Å²) in [6.45, 7) is 6.48. The van der Waals surface area contributed by atoms with Gasteiger partial charge in [0.15, 0.2) is 5.76 Å². The lowest BCUT2D eigenvalue weighted by molar-refractivity contribution is 0.0901. The lowest BCUT2D eigenvalue weighted by atomic mass is 10.3. The second kappa shape index (κ2) is 5.81. The molecule has 1 atom stereocenters. The number of aryl methyl sites for hydroxylation is 2. The number of ether oxygens (including phenoxy) is 1. The van der Waals surface area contributed by atoms with E-state index in [0.29, 0.717) is 12.5 Å². The van der Waals surface area contributed by atoms with Crippen LogP contribution in [0.15, 0.2) is 22.6 Å². The molecular formula is C14H19N3O3. The molecule has 0 saturated heterocycles. The predicted octanol–water partition coefficient (Wildman–Crippen LogP) is 1.92. The van der Waals surface area contributed by atoms with Gasteiger partial charge in [-0.2, -0.15) is 5.10 Å². The fourth-order valence-electron chi connectivity index (χ4n) is 2.01. The number of aromatic nitrogens is 2. The van der Waals surface area contributed by atoms with E-state index in [1.54, 1.807) is 12.1 Å². The molecule has 6 nitrogen and oxygen atoms in total. The molecule has 0 fully saturated rings.